The Morgan fingerprint density at radius 2 is 1.86 bits per heavy atom. The molecule has 0 aliphatic rings. The minimum Gasteiger partial charge on any atom is -0.658 e. The van der Waals surface area contributed by atoms with Crippen molar-refractivity contribution < 1.29 is 9.59 Å². The Kier molecular flexibility index (Phi) is 3.71. The summed E-state index contributed by atoms with van der Waals surface area (Å²) >= 11 is 4.88. The maximum atomic E-state index is 11.4. The number of nitrogens with zero attached hydrogens (tertiary/aromatic N) is 1. The van der Waals surface area contributed by atoms with Crippen LogP contribution >= 0.6 is 0 Å². The van der Waals surface area contributed by atoms with Gasteiger partial charge in [0.2, 0.25) is 5.91 Å². The SMILES string of the molecule is CC(=O)CC(=O)N([S-])c1ccccc1. The van der Waals surface area contributed by atoms with Gasteiger partial charge < -0.3 is 17.1 Å². The molecule has 0 aliphatic carbocycles. The number of benzene rings is 1. The summed E-state index contributed by atoms with van der Waals surface area (Å²) in [4.78, 5) is 22.1. The molecule has 4 heteroatoms. The van der Waals surface area contributed by atoms with Crippen molar-refractivity contribution in [1.82, 2.24) is 0 Å². The number of carbonyl (C=O) groups excluding carboxylic acids is 2. The maximum absolute atomic E-state index is 11.4. The number of carbonyl (C=O) groups is 2. The van der Waals surface area contributed by atoms with E-state index in [1.54, 1.807) is 24.3 Å². The molecule has 14 heavy (non-hydrogen) atoms. The first-order chi connectivity index (χ1) is 6.61. The minimum atomic E-state index is -0.362. The average molecular weight is 208 g/mol. The van der Waals surface area contributed by atoms with Gasteiger partial charge in [0, 0.05) is 5.69 Å². The van der Waals surface area contributed by atoms with Crippen LogP contribution in [0.2, 0.25) is 0 Å². The smallest absolute Gasteiger partial charge is 0.212 e. The van der Waals surface area contributed by atoms with Gasteiger partial charge in [0.05, 0.1) is 6.42 Å². The van der Waals surface area contributed by atoms with Crippen molar-refractivity contribution in [2.75, 3.05) is 4.31 Å². The third-order valence-electron chi connectivity index (χ3n) is 1.62. The predicted octanol–water partition coefficient (Wildman–Crippen LogP) is 1.46. The fourth-order valence-electron chi connectivity index (χ4n) is 0.992. The summed E-state index contributed by atoms with van der Waals surface area (Å²) in [6.45, 7) is 1.37. The van der Waals surface area contributed by atoms with Crippen LogP contribution in [0.1, 0.15) is 13.3 Å². The number of hydrogen-bond donors (Lipinski definition) is 0. The van der Waals surface area contributed by atoms with Gasteiger partial charge in [-0.25, -0.2) is 0 Å². The van der Waals surface area contributed by atoms with Gasteiger partial charge in [-0.1, -0.05) is 18.2 Å². The quantitative estimate of drug-likeness (QED) is 0.557. The molecular formula is C10H10NO2S-. The molecule has 74 valence electrons. The van der Waals surface area contributed by atoms with Crippen molar-refractivity contribution in [3.05, 3.63) is 30.3 Å². The number of hydrogen-bond acceptors (Lipinski definition) is 3. The molecule has 0 bridgehead atoms. The Morgan fingerprint density at radius 1 is 1.29 bits per heavy atom. The van der Waals surface area contributed by atoms with Crippen LogP contribution in [0.25, 0.3) is 0 Å². The monoisotopic (exact) mass is 208 g/mol. The maximum Gasteiger partial charge on any atom is 0.212 e. The fourth-order valence-corrected chi connectivity index (χ4v) is 1.18. The van der Waals surface area contributed by atoms with E-state index in [0.717, 1.165) is 4.31 Å². The molecule has 1 aromatic rings. The van der Waals surface area contributed by atoms with Gasteiger partial charge in [0.1, 0.15) is 5.78 Å². The van der Waals surface area contributed by atoms with Crippen LogP contribution in [0.15, 0.2) is 30.3 Å². The molecular weight excluding hydrogens is 198 g/mol. The lowest BCUT2D eigenvalue weighted by Gasteiger charge is -2.29. The molecule has 0 unspecified atom stereocenters. The molecule has 0 atom stereocenters. The Bertz CT molecular complexity index is 337. The van der Waals surface area contributed by atoms with E-state index in [2.05, 4.69) is 0 Å². The summed E-state index contributed by atoms with van der Waals surface area (Å²) in [5.41, 5.74) is 0.619. The molecule has 0 aliphatic heterocycles. The van der Waals surface area contributed by atoms with Gasteiger partial charge in [0.15, 0.2) is 0 Å². The third-order valence-corrected chi connectivity index (χ3v) is 2.03. The Labute approximate surface area is 88.3 Å². The van der Waals surface area contributed by atoms with E-state index in [9.17, 15) is 9.59 Å². The van der Waals surface area contributed by atoms with Gasteiger partial charge in [-0.3, -0.25) is 9.59 Å². The molecule has 1 amide bonds. The van der Waals surface area contributed by atoms with Gasteiger partial charge in [-0.05, 0) is 19.1 Å². The normalized spacial score (nSPS) is 9.57. The largest absolute Gasteiger partial charge is 0.658 e. The second-order valence-corrected chi connectivity index (χ2v) is 3.27. The lowest BCUT2D eigenvalue weighted by molar-refractivity contribution is -0.124. The zero-order valence-corrected chi connectivity index (χ0v) is 8.58. The van der Waals surface area contributed by atoms with E-state index in [4.69, 9.17) is 12.8 Å². The Balaban J connectivity index is 2.71. The van der Waals surface area contributed by atoms with Crippen molar-refractivity contribution >= 4 is 30.2 Å². The molecule has 0 aromatic heterocycles. The number of ketones is 1. The fraction of sp³-hybridized carbons (Fsp3) is 0.200. The summed E-state index contributed by atoms with van der Waals surface area (Å²) in [5, 5.41) is 0. The predicted molar refractivity (Wildman–Crippen MR) is 56.6 cm³/mol. The minimum absolute atomic E-state index is 0.140. The number of amides is 1. The zero-order valence-electron chi connectivity index (χ0n) is 7.77. The second-order valence-electron chi connectivity index (χ2n) is 2.90. The molecule has 0 heterocycles. The van der Waals surface area contributed by atoms with E-state index in [0.29, 0.717) is 5.69 Å². The highest BCUT2D eigenvalue weighted by molar-refractivity contribution is 7.61. The third kappa shape index (κ3) is 2.88. The first kappa shape index (κ1) is 10.8. The summed E-state index contributed by atoms with van der Waals surface area (Å²) in [5.74, 6) is -0.542. The van der Waals surface area contributed by atoms with Crippen molar-refractivity contribution in [3.8, 4) is 0 Å². The molecule has 0 spiro atoms. The van der Waals surface area contributed by atoms with Crippen molar-refractivity contribution in [2.24, 2.45) is 0 Å². The molecule has 0 fully saturated rings. The standard InChI is InChI=1S/C10H10NO2S/c1-8(12)7-10(13)11(14)9-5-3-2-4-6-9/h2-6H,7H2,1H3/q-1. The Morgan fingerprint density at radius 3 is 2.36 bits per heavy atom. The summed E-state index contributed by atoms with van der Waals surface area (Å²) < 4.78 is 1.07. The highest BCUT2D eigenvalue weighted by atomic mass is 32.1. The number of Topliss-reactive ketones (excluding diaryl/α,β-unsaturated/α-hetero) is 1. The number of anilines is 1. The topological polar surface area (TPSA) is 37.4 Å². The molecule has 1 rings (SSSR count). The van der Waals surface area contributed by atoms with Crippen molar-refractivity contribution in [2.45, 2.75) is 13.3 Å². The molecule has 0 N–H and O–H groups in total. The lowest BCUT2D eigenvalue weighted by atomic mass is 10.2. The first-order valence-electron chi connectivity index (χ1n) is 4.16. The van der Waals surface area contributed by atoms with Gasteiger partial charge in [-0.15, -0.1) is 0 Å². The number of rotatable bonds is 3. The van der Waals surface area contributed by atoms with E-state index in [1.807, 2.05) is 6.07 Å². The zero-order chi connectivity index (χ0) is 10.6. The van der Waals surface area contributed by atoms with Crippen molar-refractivity contribution in [3.63, 3.8) is 0 Å². The molecule has 1 aromatic carbocycles. The van der Waals surface area contributed by atoms with Gasteiger partial charge in [-0.2, -0.15) is 0 Å². The summed E-state index contributed by atoms with van der Waals surface area (Å²) in [6.07, 6.45) is -0.140. The lowest BCUT2D eigenvalue weighted by Crippen LogP contribution is -2.25. The van der Waals surface area contributed by atoms with Crippen LogP contribution in [0.5, 0.6) is 0 Å². The Hall–Kier alpha value is -1.29. The van der Waals surface area contributed by atoms with Crippen molar-refractivity contribution in [1.29, 1.82) is 0 Å². The summed E-state index contributed by atoms with van der Waals surface area (Å²) in [6, 6.07) is 8.86. The van der Waals surface area contributed by atoms with E-state index >= 15 is 0 Å². The highest BCUT2D eigenvalue weighted by Gasteiger charge is 2.06. The summed E-state index contributed by atoms with van der Waals surface area (Å²) in [7, 11) is 0. The highest BCUT2D eigenvalue weighted by Crippen LogP contribution is 2.12. The van der Waals surface area contributed by atoms with E-state index in [1.165, 1.54) is 6.92 Å². The number of para-hydroxylation sites is 1. The van der Waals surface area contributed by atoms with Crippen LogP contribution in [0.4, 0.5) is 5.69 Å². The molecule has 3 nitrogen and oxygen atoms in total. The average Bonchev–Trinajstić information content (AvgIpc) is 2.17. The van der Waals surface area contributed by atoms with Gasteiger partial charge in [0.25, 0.3) is 0 Å². The van der Waals surface area contributed by atoms with Crippen LogP contribution in [-0.4, -0.2) is 11.7 Å². The molecule has 0 saturated carbocycles. The van der Waals surface area contributed by atoms with Gasteiger partial charge >= 0.3 is 0 Å². The second kappa shape index (κ2) is 4.81. The first-order valence-corrected chi connectivity index (χ1v) is 4.52. The van der Waals surface area contributed by atoms with Crippen LogP contribution < -0.4 is 4.31 Å². The van der Waals surface area contributed by atoms with Crippen LogP contribution in [-0.2, 0) is 22.4 Å². The molecule has 0 saturated heterocycles. The molecule has 0 radical (unpaired) electrons. The van der Waals surface area contributed by atoms with Crippen LogP contribution in [0, 0.1) is 0 Å². The van der Waals surface area contributed by atoms with E-state index in [-0.39, 0.29) is 18.1 Å². The van der Waals surface area contributed by atoms with Crippen LogP contribution in [0.3, 0.4) is 0 Å². The van der Waals surface area contributed by atoms with E-state index < -0.39 is 0 Å².